The number of aromatic nitrogens is 1. The van der Waals surface area contributed by atoms with Crippen LogP contribution in [0.15, 0.2) is 96.2 Å². The second kappa shape index (κ2) is 8.72. The van der Waals surface area contributed by atoms with Crippen molar-refractivity contribution in [3.63, 3.8) is 0 Å². The van der Waals surface area contributed by atoms with Crippen molar-refractivity contribution < 1.29 is 4.79 Å². The third-order valence-electron chi connectivity index (χ3n) is 4.50. The summed E-state index contributed by atoms with van der Waals surface area (Å²) < 4.78 is 0. The fourth-order valence-electron chi connectivity index (χ4n) is 3.11. The Bertz CT molecular complexity index is 1070. The van der Waals surface area contributed by atoms with Crippen LogP contribution in [0.1, 0.15) is 11.1 Å². The molecule has 4 rings (SSSR count). The maximum Gasteiger partial charge on any atom is 0.228 e. The number of benzene rings is 3. The highest BCUT2D eigenvalue weighted by Gasteiger charge is 2.07. The van der Waals surface area contributed by atoms with Gasteiger partial charge in [-0.3, -0.25) is 9.78 Å². The molecule has 0 aliphatic rings. The molecule has 1 amide bonds. The van der Waals surface area contributed by atoms with Crippen LogP contribution in [-0.2, 0) is 17.0 Å². The highest BCUT2D eigenvalue weighted by atomic mass is 32.2. The van der Waals surface area contributed by atoms with E-state index in [1.807, 2.05) is 60.8 Å². The van der Waals surface area contributed by atoms with Crippen LogP contribution in [0.4, 0.5) is 5.69 Å². The fourth-order valence-corrected chi connectivity index (χ4v) is 3.94. The van der Waals surface area contributed by atoms with E-state index in [1.54, 1.807) is 18.0 Å². The molecule has 1 N–H and O–H groups in total. The molecule has 138 valence electrons. The molecule has 0 spiro atoms. The lowest BCUT2D eigenvalue weighted by molar-refractivity contribution is -0.115. The summed E-state index contributed by atoms with van der Waals surface area (Å²) in [5.41, 5.74) is 3.05. The normalized spacial score (nSPS) is 10.7. The molecule has 0 unspecified atom stereocenters. The van der Waals surface area contributed by atoms with Crippen LogP contribution in [-0.4, -0.2) is 10.9 Å². The van der Waals surface area contributed by atoms with E-state index in [-0.39, 0.29) is 5.91 Å². The van der Waals surface area contributed by atoms with Gasteiger partial charge in [-0.1, -0.05) is 48.5 Å². The van der Waals surface area contributed by atoms with Crippen molar-refractivity contribution in [3.8, 4) is 0 Å². The number of fused-ring (bicyclic) bond motifs is 1. The molecule has 0 saturated heterocycles. The van der Waals surface area contributed by atoms with Crippen LogP contribution >= 0.6 is 11.8 Å². The summed E-state index contributed by atoms with van der Waals surface area (Å²) in [5.74, 6) is 0.868. The minimum absolute atomic E-state index is 0.00730. The number of carbonyl (C=O) groups is 1. The number of hydrogen-bond donors (Lipinski definition) is 1. The highest BCUT2D eigenvalue weighted by Crippen LogP contribution is 2.24. The molecule has 4 heteroatoms. The summed E-state index contributed by atoms with van der Waals surface area (Å²) in [6.07, 6.45) is 4.03. The smallest absolute Gasteiger partial charge is 0.228 e. The molecule has 0 aliphatic carbocycles. The van der Waals surface area contributed by atoms with E-state index in [0.29, 0.717) is 6.42 Å². The zero-order chi connectivity index (χ0) is 19.2. The largest absolute Gasteiger partial charge is 0.326 e. The molecule has 3 nitrogen and oxygen atoms in total. The Morgan fingerprint density at radius 1 is 0.893 bits per heavy atom. The lowest BCUT2D eigenvalue weighted by atomic mass is 10.0. The van der Waals surface area contributed by atoms with Gasteiger partial charge in [0, 0.05) is 28.7 Å². The Kier molecular flexibility index (Phi) is 5.69. The van der Waals surface area contributed by atoms with Gasteiger partial charge in [-0.15, -0.1) is 11.8 Å². The van der Waals surface area contributed by atoms with Crippen LogP contribution in [0.25, 0.3) is 10.8 Å². The van der Waals surface area contributed by atoms with E-state index >= 15 is 0 Å². The first-order valence-electron chi connectivity index (χ1n) is 9.16. The Morgan fingerprint density at radius 2 is 1.71 bits per heavy atom. The molecule has 0 aliphatic heterocycles. The first-order chi connectivity index (χ1) is 13.8. The van der Waals surface area contributed by atoms with Gasteiger partial charge in [0.25, 0.3) is 0 Å². The van der Waals surface area contributed by atoms with Crippen LogP contribution in [0.5, 0.6) is 0 Å². The number of rotatable bonds is 6. The van der Waals surface area contributed by atoms with E-state index in [9.17, 15) is 4.79 Å². The zero-order valence-corrected chi connectivity index (χ0v) is 16.2. The van der Waals surface area contributed by atoms with E-state index in [0.717, 1.165) is 32.7 Å². The van der Waals surface area contributed by atoms with Gasteiger partial charge in [-0.25, -0.2) is 0 Å². The Labute approximate surface area is 168 Å². The maximum absolute atomic E-state index is 12.5. The molecule has 0 atom stereocenters. The number of nitrogens with zero attached hydrogens (tertiary/aromatic N) is 1. The number of anilines is 1. The SMILES string of the molecule is O=C(Cc1cccc2ccccc12)Nc1ccc(SCc2cccnc2)cc1. The molecule has 0 fully saturated rings. The van der Waals surface area contributed by atoms with Gasteiger partial charge in [-0.05, 0) is 52.2 Å². The second-order valence-electron chi connectivity index (χ2n) is 6.54. The van der Waals surface area contributed by atoms with Crippen molar-refractivity contribution in [2.75, 3.05) is 5.32 Å². The lowest BCUT2D eigenvalue weighted by Crippen LogP contribution is -2.14. The summed E-state index contributed by atoms with van der Waals surface area (Å²) in [5, 5.41) is 5.28. The molecule has 1 aromatic heterocycles. The number of thioether (sulfide) groups is 1. The molecule has 4 aromatic rings. The van der Waals surface area contributed by atoms with E-state index in [2.05, 4.69) is 34.6 Å². The Balaban J connectivity index is 1.36. The Hall–Kier alpha value is -3.11. The third kappa shape index (κ3) is 4.59. The van der Waals surface area contributed by atoms with Gasteiger partial charge < -0.3 is 5.32 Å². The van der Waals surface area contributed by atoms with Gasteiger partial charge in [0.05, 0.1) is 6.42 Å². The second-order valence-corrected chi connectivity index (χ2v) is 7.59. The third-order valence-corrected chi connectivity index (χ3v) is 5.58. The van der Waals surface area contributed by atoms with E-state index in [1.165, 1.54) is 5.56 Å². The van der Waals surface area contributed by atoms with Gasteiger partial charge in [0.15, 0.2) is 0 Å². The number of carbonyl (C=O) groups excluding carboxylic acids is 1. The van der Waals surface area contributed by atoms with Crippen molar-refractivity contribution in [1.29, 1.82) is 0 Å². The number of amides is 1. The van der Waals surface area contributed by atoms with Gasteiger partial charge in [0.1, 0.15) is 0 Å². The predicted molar refractivity (Wildman–Crippen MR) is 117 cm³/mol. The standard InChI is InChI=1S/C24H20N2OS/c27-24(15-20-8-3-7-19-6-1-2-9-23(19)20)26-21-10-12-22(13-11-21)28-17-18-5-4-14-25-16-18/h1-14,16H,15,17H2,(H,26,27). The molecule has 0 saturated carbocycles. The van der Waals surface area contributed by atoms with Crippen molar-refractivity contribution in [1.82, 2.24) is 4.98 Å². The lowest BCUT2D eigenvalue weighted by Gasteiger charge is -2.09. The monoisotopic (exact) mass is 384 g/mol. The average Bonchev–Trinajstić information content (AvgIpc) is 2.74. The van der Waals surface area contributed by atoms with Gasteiger partial charge >= 0.3 is 0 Å². The Morgan fingerprint density at radius 3 is 2.54 bits per heavy atom. The van der Waals surface area contributed by atoms with Crippen LogP contribution < -0.4 is 5.32 Å². The van der Waals surface area contributed by atoms with Crippen LogP contribution in [0, 0.1) is 0 Å². The molecular weight excluding hydrogens is 364 g/mol. The minimum Gasteiger partial charge on any atom is -0.326 e. The molecular formula is C24H20N2OS. The van der Waals surface area contributed by atoms with E-state index < -0.39 is 0 Å². The summed E-state index contributed by atoms with van der Waals surface area (Å²) in [6, 6.07) is 26.2. The summed E-state index contributed by atoms with van der Waals surface area (Å²) >= 11 is 1.75. The summed E-state index contributed by atoms with van der Waals surface area (Å²) in [7, 11) is 0. The molecule has 28 heavy (non-hydrogen) atoms. The summed E-state index contributed by atoms with van der Waals surface area (Å²) in [6.45, 7) is 0. The number of nitrogens with one attached hydrogen (secondary N) is 1. The zero-order valence-electron chi connectivity index (χ0n) is 15.3. The molecule has 1 heterocycles. The fraction of sp³-hybridized carbons (Fsp3) is 0.0833. The van der Waals surface area contributed by atoms with Crippen molar-refractivity contribution in [3.05, 3.63) is 102 Å². The molecule has 3 aromatic carbocycles. The van der Waals surface area contributed by atoms with Crippen LogP contribution in [0.3, 0.4) is 0 Å². The number of hydrogen-bond acceptors (Lipinski definition) is 3. The molecule has 0 bridgehead atoms. The van der Waals surface area contributed by atoms with Gasteiger partial charge in [-0.2, -0.15) is 0 Å². The number of pyridine rings is 1. The summed E-state index contributed by atoms with van der Waals surface area (Å²) in [4.78, 5) is 17.8. The average molecular weight is 385 g/mol. The highest BCUT2D eigenvalue weighted by molar-refractivity contribution is 7.98. The van der Waals surface area contributed by atoms with Gasteiger partial charge in [0.2, 0.25) is 5.91 Å². The van der Waals surface area contributed by atoms with Crippen LogP contribution in [0.2, 0.25) is 0 Å². The van der Waals surface area contributed by atoms with Crippen molar-refractivity contribution >= 4 is 34.1 Å². The predicted octanol–water partition coefficient (Wildman–Crippen LogP) is 5.71. The molecule has 0 radical (unpaired) electrons. The van der Waals surface area contributed by atoms with Crippen molar-refractivity contribution in [2.24, 2.45) is 0 Å². The quantitative estimate of drug-likeness (QED) is 0.433. The maximum atomic E-state index is 12.5. The first-order valence-corrected chi connectivity index (χ1v) is 10.1. The first kappa shape index (κ1) is 18.3. The van der Waals surface area contributed by atoms with Crippen molar-refractivity contribution in [2.45, 2.75) is 17.1 Å². The van der Waals surface area contributed by atoms with E-state index in [4.69, 9.17) is 0 Å². The minimum atomic E-state index is -0.00730. The topological polar surface area (TPSA) is 42.0 Å².